The van der Waals surface area contributed by atoms with E-state index in [1.165, 1.54) is 0 Å². The summed E-state index contributed by atoms with van der Waals surface area (Å²) in [6, 6.07) is 13.5. The summed E-state index contributed by atoms with van der Waals surface area (Å²) >= 11 is 3.48. The zero-order valence-corrected chi connectivity index (χ0v) is 13.8. The third kappa shape index (κ3) is 3.93. The molecule has 4 heteroatoms. The number of amides is 1. The molecule has 0 atom stereocenters. The number of hydrogen-bond acceptors (Lipinski definition) is 2. The maximum absolute atomic E-state index is 12.5. The molecule has 3 nitrogen and oxygen atoms in total. The number of benzene rings is 2. The predicted octanol–water partition coefficient (Wildman–Crippen LogP) is 4.12. The highest BCUT2D eigenvalue weighted by Gasteiger charge is 2.12. The number of rotatable bonds is 5. The van der Waals surface area contributed by atoms with Crippen molar-refractivity contribution in [2.24, 2.45) is 0 Å². The van der Waals surface area contributed by atoms with Crippen molar-refractivity contribution in [1.29, 1.82) is 0 Å². The molecule has 1 amide bonds. The Hall–Kier alpha value is -1.65. The Morgan fingerprint density at radius 2 is 1.90 bits per heavy atom. The molecule has 0 aliphatic heterocycles. The molecule has 0 fully saturated rings. The molecule has 2 aromatic carbocycles. The van der Waals surface area contributed by atoms with Crippen LogP contribution in [0.1, 0.15) is 28.4 Å². The molecule has 110 valence electrons. The van der Waals surface area contributed by atoms with Crippen LogP contribution < -0.4 is 10.6 Å². The van der Waals surface area contributed by atoms with E-state index in [9.17, 15) is 4.79 Å². The molecule has 0 heterocycles. The van der Waals surface area contributed by atoms with Gasteiger partial charge in [-0.25, -0.2) is 0 Å². The summed E-state index contributed by atoms with van der Waals surface area (Å²) in [6.45, 7) is 5.67. The summed E-state index contributed by atoms with van der Waals surface area (Å²) < 4.78 is 0.840. The minimum Gasteiger partial charge on any atom is -0.322 e. The van der Waals surface area contributed by atoms with E-state index in [0.717, 1.165) is 34.4 Å². The van der Waals surface area contributed by atoms with Gasteiger partial charge >= 0.3 is 0 Å². The standard InChI is InChI=1S/C17H19BrN2O/c1-3-19-11-13-8-4-5-10-15(13)20-17(21)14-9-6-7-12(2)16(14)18/h4-10,19H,3,11H2,1-2H3,(H,20,21). The fourth-order valence-corrected chi connectivity index (χ4v) is 2.51. The van der Waals surface area contributed by atoms with Crippen molar-refractivity contribution in [1.82, 2.24) is 5.32 Å². The summed E-state index contributed by atoms with van der Waals surface area (Å²) in [7, 11) is 0. The normalized spacial score (nSPS) is 10.4. The molecule has 21 heavy (non-hydrogen) atoms. The fourth-order valence-electron chi connectivity index (χ4n) is 2.07. The number of carbonyl (C=O) groups is 1. The van der Waals surface area contributed by atoms with Crippen LogP contribution in [0, 0.1) is 6.92 Å². The van der Waals surface area contributed by atoms with Crippen molar-refractivity contribution < 1.29 is 4.79 Å². The molecule has 2 rings (SSSR count). The van der Waals surface area contributed by atoms with Crippen molar-refractivity contribution in [3.05, 3.63) is 63.6 Å². The second-order valence-electron chi connectivity index (χ2n) is 4.83. The summed E-state index contributed by atoms with van der Waals surface area (Å²) in [5.74, 6) is -0.102. The number of aryl methyl sites for hydroxylation is 1. The monoisotopic (exact) mass is 346 g/mol. The molecule has 0 saturated heterocycles. The van der Waals surface area contributed by atoms with Gasteiger partial charge in [-0.15, -0.1) is 0 Å². The molecule has 0 bridgehead atoms. The molecule has 2 aromatic rings. The molecule has 0 saturated carbocycles. The van der Waals surface area contributed by atoms with E-state index in [1.807, 2.05) is 49.4 Å². The van der Waals surface area contributed by atoms with Gasteiger partial charge in [0, 0.05) is 16.7 Å². The lowest BCUT2D eigenvalue weighted by Gasteiger charge is -2.12. The average molecular weight is 347 g/mol. The summed E-state index contributed by atoms with van der Waals surface area (Å²) in [5, 5.41) is 6.27. The maximum Gasteiger partial charge on any atom is 0.256 e. The van der Waals surface area contributed by atoms with Gasteiger partial charge in [-0.2, -0.15) is 0 Å². The van der Waals surface area contributed by atoms with E-state index < -0.39 is 0 Å². The molecular weight excluding hydrogens is 328 g/mol. The smallest absolute Gasteiger partial charge is 0.256 e. The Labute approximate surface area is 133 Å². The van der Waals surface area contributed by atoms with Gasteiger partial charge < -0.3 is 10.6 Å². The highest BCUT2D eigenvalue weighted by molar-refractivity contribution is 9.10. The van der Waals surface area contributed by atoms with Gasteiger partial charge in [0.15, 0.2) is 0 Å². The molecule has 0 unspecified atom stereocenters. The Morgan fingerprint density at radius 3 is 2.67 bits per heavy atom. The van der Waals surface area contributed by atoms with Gasteiger partial charge in [0.25, 0.3) is 5.91 Å². The van der Waals surface area contributed by atoms with Gasteiger partial charge in [-0.1, -0.05) is 37.3 Å². The van der Waals surface area contributed by atoms with Gasteiger partial charge in [-0.3, -0.25) is 4.79 Å². The van der Waals surface area contributed by atoms with Crippen molar-refractivity contribution in [3.8, 4) is 0 Å². The van der Waals surface area contributed by atoms with E-state index in [1.54, 1.807) is 0 Å². The largest absolute Gasteiger partial charge is 0.322 e. The van der Waals surface area contributed by atoms with Crippen LogP contribution in [0.5, 0.6) is 0 Å². The van der Waals surface area contributed by atoms with E-state index >= 15 is 0 Å². The Kier molecular flexibility index (Phi) is 5.53. The van der Waals surface area contributed by atoms with Crippen molar-refractivity contribution in [2.45, 2.75) is 20.4 Å². The number of halogens is 1. The average Bonchev–Trinajstić information content (AvgIpc) is 2.49. The second kappa shape index (κ2) is 7.38. The summed E-state index contributed by atoms with van der Waals surface area (Å²) in [4.78, 5) is 12.5. The lowest BCUT2D eigenvalue weighted by Crippen LogP contribution is -2.17. The minimum atomic E-state index is -0.102. The zero-order valence-electron chi connectivity index (χ0n) is 12.2. The van der Waals surface area contributed by atoms with Crippen molar-refractivity contribution >= 4 is 27.5 Å². The third-order valence-corrected chi connectivity index (χ3v) is 4.32. The molecule has 0 aliphatic carbocycles. The van der Waals surface area contributed by atoms with Crippen LogP contribution in [0.2, 0.25) is 0 Å². The number of carbonyl (C=O) groups excluding carboxylic acids is 1. The Morgan fingerprint density at radius 1 is 1.14 bits per heavy atom. The first kappa shape index (κ1) is 15.7. The second-order valence-corrected chi connectivity index (χ2v) is 5.62. The van der Waals surface area contributed by atoms with Gasteiger partial charge in [0.2, 0.25) is 0 Å². The SMILES string of the molecule is CCNCc1ccccc1NC(=O)c1cccc(C)c1Br. The number of hydrogen-bond donors (Lipinski definition) is 2. The summed E-state index contributed by atoms with van der Waals surface area (Å²) in [6.07, 6.45) is 0. The first-order valence-electron chi connectivity index (χ1n) is 6.98. The molecule has 0 aliphatic rings. The van der Waals surface area contributed by atoms with E-state index in [4.69, 9.17) is 0 Å². The molecule has 2 N–H and O–H groups in total. The van der Waals surface area contributed by atoms with Crippen LogP contribution >= 0.6 is 15.9 Å². The third-order valence-electron chi connectivity index (χ3n) is 3.27. The van der Waals surface area contributed by atoms with Crippen molar-refractivity contribution in [2.75, 3.05) is 11.9 Å². The Bertz CT molecular complexity index is 640. The van der Waals surface area contributed by atoms with E-state index in [0.29, 0.717) is 5.56 Å². The number of anilines is 1. The van der Waals surface area contributed by atoms with Gasteiger partial charge in [-0.05, 0) is 52.7 Å². The number of nitrogens with one attached hydrogen (secondary N) is 2. The lowest BCUT2D eigenvalue weighted by atomic mass is 10.1. The highest BCUT2D eigenvalue weighted by atomic mass is 79.9. The van der Waals surface area contributed by atoms with Gasteiger partial charge in [0.1, 0.15) is 0 Å². The summed E-state index contributed by atoms with van der Waals surface area (Å²) in [5.41, 5.74) is 3.62. The molecular formula is C17H19BrN2O. The molecule has 0 spiro atoms. The van der Waals surface area contributed by atoms with Crippen molar-refractivity contribution in [3.63, 3.8) is 0 Å². The highest BCUT2D eigenvalue weighted by Crippen LogP contribution is 2.23. The quantitative estimate of drug-likeness (QED) is 0.854. The lowest BCUT2D eigenvalue weighted by molar-refractivity contribution is 0.102. The zero-order chi connectivity index (χ0) is 15.2. The predicted molar refractivity (Wildman–Crippen MR) is 90.7 cm³/mol. The maximum atomic E-state index is 12.5. The first-order chi connectivity index (χ1) is 10.1. The number of para-hydroxylation sites is 1. The Balaban J connectivity index is 2.22. The van der Waals surface area contributed by atoms with Crippen LogP contribution in [0.25, 0.3) is 0 Å². The minimum absolute atomic E-state index is 0.102. The van der Waals surface area contributed by atoms with Crippen LogP contribution in [-0.4, -0.2) is 12.5 Å². The molecule has 0 aromatic heterocycles. The first-order valence-corrected chi connectivity index (χ1v) is 7.78. The topological polar surface area (TPSA) is 41.1 Å². The van der Waals surface area contributed by atoms with E-state index in [-0.39, 0.29) is 5.91 Å². The van der Waals surface area contributed by atoms with Crippen LogP contribution in [0.15, 0.2) is 46.9 Å². The van der Waals surface area contributed by atoms with Crippen LogP contribution in [0.4, 0.5) is 5.69 Å². The van der Waals surface area contributed by atoms with Crippen LogP contribution in [0.3, 0.4) is 0 Å². The fraction of sp³-hybridized carbons (Fsp3) is 0.235. The van der Waals surface area contributed by atoms with Gasteiger partial charge in [0.05, 0.1) is 5.56 Å². The van der Waals surface area contributed by atoms with E-state index in [2.05, 4.69) is 33.5 Å². The molecule has 0 radical (unpaired) electrons. The van der Waals surface area contributed by atoms with Crippen LogP contribution in [-0.2, 0) is 6.54 Å².